The highest BCUT2D eigenvalue weighted by Crippen LogP contribution is 2.36. The summed E-state index contributed by atoms with van der Waals surface area (Å²) in [5, 5.41) is 0. The maximum Gasteiger partial charge on any atom is 0.308 e. The Balaban J connectivity index is -0.000000194. The lowest BCUT2D eigenvalue weighted by atomic mass is 10.0. The molecule has 2 heteroatoms. The normalized spacial score (nSPS) is 13.0. The summed E-state index contributed by atoms with van der Waals surface area (Å²) < 4.78 is 5.06. The molecule has 0 atom stereocenters. The molecule has 0 aliphatic heterocycles. The second-order valence-electron chi connectivity index (χ2n) is 22.7. The highest BCUT2D eigenvalue weighted by Gasteiger charge is 2.24. The molecule has 1 aromatic carbocycles. The van der Waals surface area contributed by atoms with E-state index in [2.05, 4.69) is 175 Å². The van der Waals surface area contributed by atoms with Gasteiger partial charge >= 0.3 is 5.97 Å². The number of hydrogen-bond acceptors (Lipinski definition) is 2. The number of rotatable bonds is 14. The molecule has 0 amide bonds. The van der Waals surface area contributed by atoms with Gasteiger partial charge in [-0.15, -0.1) is 0 Å². The smallest absolute Gasteiger partial charge is 0.308 e. The Hall–Kier alpha value is -1.57. The van der Waals surface area contributed by atoms with E-state index in [-0.39, 0.29) is 17.5 Å². The molecule has 360 valence electrons. The van der Waals surface area contributed by atoms with Gasteiger partial charge in [0.1, 0.15) is 5.60 Å². The van der Waals surface area contributed by atoms with Crippen molar-refractivity contribution in [3.05, 3.63) is 47.5 Å². The molecule has 0 spiro atoms. The van der Waals surface area contributed by atoms with Gasteiger partial charge in [-0.3, -0.25) is 4.79 Å². The van der Waals surface area contributed by atoms with Gasteiger partial charge in [0.2, 0.25) is 0 Å². The van der Waals surface area contributed by atoms with E-state index >= 15 is 0 Å². The number of allylic oxidation sites excluding steroid dienone is 2. The molecule has 3 rings (SSSR count). The number of benzene rings is 1. The Labute approximate surface area is 382 Å². The number of carbonyl (C=O) groups excluding carboxylic acids is 1. The summed E-state index contributed by atoms with van der Waals surface area (Å²) in [6, 6.07) is 10.6. The summed E-state index contributed by atoms with van der Waals surface area (Å²) in [5.74, 6) is 9.10. The van der Waals surface area contributed by atoms with E-state index in [0.717, 1.165) is 59.2 Å². The first-order valence-electron chi connectivity index (χ1n) is 25.4. The van der Waals surface area contributed by atoms with Gasteiger partial charge in [-0.25, -0.2) is 0 Å². The van der Waals surface area contributed by atoms with Crippen LogP contribution in [-0.4, -0.2) is 11.6 Å². The molecule has 2 nitrogen and oxygen atoms in total. The highest BCUT2D eigenvalue weighted by molar-refractivity contribution is 5.71. The molecule has 1 aromatic rings. The molecule has 2 aliphatic rings. The van der Waals surface area contributed by atoms with Crippen LogP contribution >= 0.6 is 0 Å². The lowest BCUT2D eigenvalue weighted by Crippen LogP contribution is -2.26. The van der Waals surface area contributed by atoms with Crippen molar-refractivity contribution >= 4 is 5.97 Å². The fourth-order valence-corrected chi connectivity index (χ4v) is 5.00. The Kier molecular flexibility index (Phi) is 48.1. The van der Waals surface area contributed by atoms with E-state index in [1.54, 1.807) is 0 Å². The van der Waals surface area contributed by atoms with E-state index in [0.29, 0.717) is 0 Å². The molecule has 0 radical (unpaired) electrons. The van der Waals surface area contributed by atoms with Crippen LogP contribution in [0.25, 0.3) is 0 Å². The van der Waals surface area contributed by atoms with Crippen molar-refractivity contribution in [2.75, 3.05) is 0 Å². The van der Waals surface area contributed by atoms with Crippen LogP contribution in [0.3, 0.4) is 0 Å². The van der Waals surface area contributed by atoms with E-state index in [1.165, 1.54) is 88.2 Å². The van der Waals surface area contributed by atoms with Gasteiger partial charge in [0.25, 0.3) is 0 Å². The first kappa shape index (κ1) is 67.5. The predicted octanol–water partition coefficient (Wildman–Crippen LogP) is 19.9. The van der Waals surface area contributed by atoms with Crippen molar-refractivity contribution in [2.24, 2.45) is 65.1 Å². The topological polar surface area (TPSA) is 26.3 Å². The minimum Gasteiger partial charge on any atom is -0.460 e. The van der Waals surface area contributed by atoms with Crippen molar-refractivity contribution in [3.8, 4) is 0 Å². The van der Waals surface area contributed by atoms with E-state index in [1.807, 2.05) is 34.6 Å². The monoisotopic (exact) mass is 845 g/mol. The van der Waals surface area contributed by atoms with E-state index < -0.39 is 0 Å². The van der Waals surface area contributed by atoms with Crippen LogP contribution in [0.2, 0.25) is 0 Å². The summed E-state index contributed by atoms with van der Waals surface area (Å²) in [6.45, 7) is 54.2. The number of ether oxygens (including phenoxy) is 1. The SMILES string of the molecule is CC(C)=CCC(C)C.CC(C)C(=O)OC(C)(C)C.CC(C)C1CC1.CC(C)CC1CC1.CC(C)CCC(C)C.CC(C)Cc1ccccc1.CCC(C)C.CCCC(C)C. The first-order valence-corrected chi connectivity index (χ1v) is 25.4. The van der Waals surface area contributed by atoms with Gasteiger partial charge < -0.3 is 4.74 Å². The van der Waals surface area contributed by atoms with Crippen molar-refractivity contribution < 1.29 is 9.53 Å². The van der Waals surface area contributed by atoms with Gasteiger partial charge in [-0.1, -0.05) is 225 Å². The number of carbonyl (C=O) groups is 1. The second kappa shape index (κ2) is 42.7. The molecule has 2 saturated carbocycles. The fourth-order valence-electron chi connectivity index (χ4n) is 5.00. The quantitative estimate of drug-likeness (QED) is 0.138. The minimum atomic E-state index is -0.346. The average Bonchev–Trinajstić information content (AvgIpc) is 4.04. The van der Waals surface area contributed by atoms with Gasteiger partial charge in [-0.05, 0) is 131 Å². The van der Waals surface area contributed by atoms with E-state index in [9.17, 15) is 4.79 Å². The summed E-state index contributed by atoms with van der Waals surface area (Å²) in [5.41, 5.74) is 2.53. The van der Waals surface area contributed by atoms with Crippen LogP contribution in [0.5, 0.6) is 0 Å². The molecule has 0 N–H and O–H groups in total. The third-order valence-corrected chi connectivity index (χ3v) is 9.43. The molecule has 2 fully saturated rings. The predicted molar refractivity (Wildman–Crippen MR) is 278 cm³/mol. The van der Waals surface area contributed by atoms with Gasteiger partial charge in [0.05, 0.1) is 5.92 Å². The Morgan fingerprint density at radius 3 is 1.20 bits per heavy atom. The zero-order chi connectivity index (χ0) is 48.0. The van der Waals surface area contributed by atoms with Crippen LogP contribution in [-0.2, 0) is 16.0 Å². The lowest BCUT2D eigenvalue weighted by molar-refractivity contribution is -0.158. The fraction of sp³-hybridized carbons (Fsp3) is 0.845. The minimum absolute atomic E-state index is 0.0285. The molecule has 0 aromatic heterocycles. The zero-order valence-electron chi connectivity index (χ0n) is 46.1. The first-order chi connectivity index (χ1) is 27.5. The third kappa shape index (κ3) is 73.9. The molecule has 0 unspecified atom stereocenters. The highest BCUT2D eigenvalue weighted by atomic mass is 16.6. The second-order valence-corrected chi connectivity index (χ2v) is 22.7. The van der Waals surface area contributed by atoms with Gasteiger partial charge in [0.15, 0.2) is 0 Å². The summed E-state index contributed by atoms with van der Waals surface area (Å²) in [4.78, 5) is 10.9. The van der Waals surface area contributed by atoms with Crippen molar-refractivity contribution in [3.63, 3.8) is 0 Å². The van der Waals surface area contributed by atoms with Crippen molar-refractivity contribution in [1.29, 1.82) is 0 Å². The van der Waals surface area contributed by atoms with Crippen LogP contribution < -0.4 is 0 Å². The van der Waals surface area contributed by atoms with Crippen molar-refractivity contribution in [2.45, 2.75) is 256 Å². The maximum absolute atomic E-state index is 10.9. The van der Waals surface area contributed by atoms with Gasteiger partial charge in [-0.2, -0.15) is 0 Å². The van der Waals surface area contributed by atoms with E-state index in [4.69, 9.17) is 4.74 Å². The Morgan fingerprint density at radius 2 is 1.05 bits per heavy atom. The molecular weight excluding hydrogens is 729 g/mol. The zero-order valence-corrected chi connectivity index (χ0v) is 46.1. The lowest BCUT2D eigenvalue weighted by Gasteiger charge is -2.20. The number of hydrogen-bond donors (Lipinski definition) is 0. The molecule has 60 heavy (non-hydrogen) atoms. The molecule has 2 aliphatic carbocycles. The molecule has 0 heterocycles. The Morgan fingerprint density at radius 1 is 0.617 bits per heavy atom. The molecular formula is C58H116O2. The van der Waals surface area contributed by atoms with Crippen molar-refractivity contribution in [1.82, 2.24) is 0 Å². The maximum atomic E-state index is 10.9. The average molecular weight is 846 g/mol. The molecule has 0 saturated heterocycles. The molecule has 0 bridgehead atoms. The standard InChI is InChI=1S/C10H14.C8H16O2.C8H18.C8H16.C7H14.C6H12.C6H14.C5H12/c1-9(2)8-10-6-4-3-5-7-10;1-6(2)7(9)10-8(3,4)5;2*1-7(2)5-6-8(3)4;1-6(2)5-7-3-4-7;1-5(2)6-3-4-6;1-4-5-6(2)3;1-4-5(2)3/h3-7,9H,8H2,1-2H3;6H,1-5H3;7-8H,5-6H2,1-4H3;5,8H,6H2,1-4H3;6-7H,3-5H2,1-2H3;5-6H,3-4H2,1-2H3;6H,4-5H2,1-3H3;5H,4H2,1-3H3. The number of esters is 1. The summed E-state index contributed by atoms with van der Waals surface area (Å²) in [7, 11) is 0. The van der Waals surface area contributed by atoms with Crippen LogP contribution in [0.4, 0.5) is 0 Å². The van der Waals surface area contributed by atoms with Gasteiger partial charge in [0, 0.05) is 0 Å². The largest absolute Gasteiger partial charge is 0.460 e. The summed E-state index contributed by atoms with van der Waals surface area (Å²) in [6.07, 6.45) is 19.0. The van der Waals surface area contributed by atoms with Crippen LogP contribution in [0.1, 0.15) is 249 Å². The Bertz CT molecular complexity index is 1010. The third-order valence-electron chi connectivity index (χ3n) is 9.43. The summed E-state index contributed by atoms with van der Waals surface area (Å²) >= 11 is 0. The van der Waals surface area contributed by atoms with Crippen LogP contribution in [0.15, 0.2) is 42.0 Å². The van der Waals surface area contributed by atoms with Crippen LogP contribution in [0, 0.1) is 65.1 Å².